The van der Waals surface area contributed by atoms with Crippen LogP contribution in [0.25, 0.3) is 0 Å². The van der Waals surface area contributed by atoms with E-state index < -0.39 is 44.4 Å². The van der Waals surface area contributed by atoms with Crippen LogP contribution in [0.1, 0.15) is 25.3 Å². The molecule has 1 saturated carbocycles. The van der Waals surface area contributed by atoms with E-state index in [2.05, 4.69) is 0 Å². The van der Waals surface area contributed by atoms with Crippen molar-refractivity contribution in [2.45, 2.75) is 56.4 Å². The molecule has 1 aromatic carbocycles. The Morgan fingerprint density at radius 1 is 0.880 bits per heavy atom. The van der Waals surface area contributed by atoms with Gasteiger partial charge in [-0.3, -0.25) is 9.42 Å². The van der Waals surface area contributed by atoms with Gasteiger partial charge in [0.05, 0.1) is 0 Å². The molecule has 0 radical (unpaired) electrons. The van der Waals surface area contributed by atoms with Gasteiger partial charge in [0.15, 0.2) is 0 Å². The number of phosphoric acid groups is 1. The molecule has 1 aliphatic carbocycles. The number of aliphatic hydroxyl groups excluding tert-OH is 5. The quantitative estimate of drug-likeness (QED) is 0.371. The van der Waals surface area contributed by atoms with Crippen LogP contribution in [0.3, 0.4) is 0 Å². The highest BCUT2D eigenvalue weighted by Crippen LogP contribution is 2.47. The number of rotatable bonds is 5. The van der Waals surface area contributed by atoms with E-state index in [4.69, 9.17) is 9.05 Å². The zero-order valence-corrected chi connectivity index (χ0v) is 14.6. The van der Waals surface area contributed by atoms with E-state index in [0.29, 0.717) is 0 Å². The lowest BCUT2D eigenvalue weighted by atomic mass is 9.85. The Labute approximate surface area is 144 Å². The van der Waals surface area contributed by atoms with E-state index in [1.54, 1.807) is 12.1 Å². The Morgan fingerprint density at radius 2 is 1.32 bits per heavy atom. The highest BCUT2D eigenvalue weighted by molar-refractivity contribution is 7.47. The molecule has 7 atom stereocenters. The molecule has 142 valence electrons. The molecule has 0 spiro atoms. The maximum absolute atomic E-state index is 12.1. The molecule has 2 rings (SSSR count). The molecule has 1 fully saturated rings. The maximum atomic E-state index is 12.1. The van der Waals surface area contributed by atoms with Crippen molar-refractivity contribution in [3.05, 3.63) is 29.8 Å². The van der Waals surface area contributed by atoms with Crippen molar-refractivity contribution < 1.29 is 44.0 Å². The minimum Gasteiger partial charge on any atom is -0.404 e. The summed E-state index contributed by atoms with van der Waals surface area (Å²) in [5, 5.41) is 48.4. The zero-order valence-electron chi connectivity index (χ0n) is 13.7. The van der Waals surface area contributed by atoms with Crippen LogP contribution in [0.4, 0.5) is 0 Å². The van der Waals surface area contributed by atoms with Gasteiger partial charge in [0.1, 0.15) is 42.4 Å². The fourth-order valence-electron chi connectivity index (χ4n) is 2.54. The normalized spacial score (nSPS) is 35.4. The fraction of sp³-hybridized carbons (Fsp3) is 0.600. The van der Waals surface area contributed by atoms with Crippen LogP contribution in [0.5, 0.6) is 5.75 Å². The molecule has 1 aliphatic rings. The number of phosphoric ester groups is 1. The molecule has 0 bridgehead atoms. The van der Waals surface area contributed by atoms with Crippen molar-refractivity contribution in [2.24, 2.45) is 0 Å². The second-order valence-electron chi connectivity index (χ2n) is 6.31. The molecule has 6 N–H and O–H groups in total. The summed E-state index contributed by atoms with van der Waals surface area (Å²) in [6.07, 6.45) is -11.2. The molecule has 0 aromatic heterocycles. The van der Waals surface area contributed by atoms with Gasteiger partial charge < -0.3 is 30.1 Å². The lowest BCUT2D eigenvalue weighted by molar-refractivity contribution is -0.219. The summed E-state index contributed by atoms with van der Waals surface area (Å²) in [6, 6.07) is 6.33. The fourth-order valence-corrected chi connectivity index (χ4v) is 3.53. The third kappa shape index (κ3) is 4.58. The standard InChI is InChI=1S/C15H23O9P/c1-7(2)8-3-5-9(6-4-8)23-25(21,22)24-15-13(19)11(17)10(16)12(18)14(15)20/h3-7,10-20H,1-2H3,(H,21,22)/t10?,11-,12+,13-,14-,15?/m1/s1. The maximum Gasteiger partial charge on any atom is 0.527 e. The molecule has 25 heavy (non-hydrogen) atoms. The highest BCUT2D eigenvalue weighted by atomic mass is 31.2. The molecular weight excluding hydrogens is 355 g/mol. The van der Waals surface area contributed by atoms with Crippen molar-refractivity contribution in [1.82, 2.24) is 0 Å². The summed E-state index contributed by atoms with van der Waals surface area (Å²) in [4.78, 5) is 9.84. The molecule has 9 nitrogen and oxygen atoms in total. The number of hydrogen-bond donors (Lipinski definition) is 6. The number of benzene rings is 1. The van der Waals surface area contributed by atoms with Crippen LogP contribution in [0.2, 0.25) is 0 Å². The second kappa shape index (κ2) is 7.69. The number of hydrogen-bond acceptors (Lipinski definition) is 8. The van der Waals surface area contributed by atoms with E-state index in [1.807, 2.05) is 13.8 Å². The number of aliphatic hydroxyl groups is 5. The minimum atomic E-state index is -4.79. The van der Waals surface area contributed by atoms with Gasteiger partial charge in [0, 0.05) is 0 Å². The van der Waals surface area contributed by atoms with Crippen LogP contribution in [-0.2, 0) is 9.09 Å². The molecule has 1 aromatic rings. The topological polar surface area (TPSA) is 157 Å². The predicted octanol–water partition coefficient (Wildman–Crippen LogP) is -0.508. The third-order valence-corrected chi connectivity index (χ3v) is 5.05. The molecule has 0 amide bonds. The lowest BCUT2D eigenvalue weighted by Crippen LogP contribution is -2.64. The zero-order chi connectivity index (χ0) is 18.9. The van der Waals surface area contributed by atoms with Gasteiger partial charge in [-0.25, -0.2) is 4.57 Å². The first kappa shape index (κ1) is 20.3. The monoisotopic (exact) mass is 378 g/mol. The summed E-state index contributed by atoms with van der Waals surface area (Å²) in [5.74, 6) is 0.282. The first-order valence-corrected chi connectivity index (χ1v) is 9.24. The summed E-state index contributed by atoms with van der Waals surface area (Å²) in [7, 11) is -4.79. The first-order valence-electron chi connectivity index (χ1n) is 7.74. The summed E-state index contributed by atoms with van der Waals surface area (Å²) in [5.41, 5.74) is 0.986. The van der Waals surface area contributed by atoms with Gasteiger partial charge in [-0.05, 0) is 23.6 Å². The Balaban J connectivity index is 2.10. The van der Waals surface area contributed by atoms with Crippen LogP contribution >= 0.6 is 7.82 Å². The van der Waals surface area contributed by atoms with Crippen molar-refractivity contribution >= 4 is 7.82 Å². The lowest BCUT2D eigenvalue weighted by Gasteiger charge is -2.41. The largest absolute Gasteiger partial charge is 0.527 e. The Hall–Kier alpha value is -1.03. The van der Waals surface area contributed by atoms with Crippen LogP contribution < -0.4 is 4.52 Å². The molecule has 10 heteroatoms. The van der Waals surface area contributed by atoms with Gasteiger partial charge in [-0.2, -0.15) is 0 Å². The van der Waals surface area contributed by atoms with E-state index in [-0.39, 0.29) is 11.7 Å². The van der Waals surface area contributed by atoms with E-state index in [1.165, 1.54) is 12.1 Å². The first-order chi connectivity index (χ1) is 11.5. The van der Waals surface area contributed by atoms with Gasteiger partial charge in [0.2, 0.25) is 0 Å². The second-order valence-corrected chi connectivity index (χ2v) is 7.64. The minimum absolute atomic E-state index is 0.0242. The summed E-state index contributed by atoms with van der Waals surface area (Å²) in [6.45, 7) is 3.96. The van der Waals surface area contributed by atoms with E-state index in [9.17, 15) is 35.0 Å². The van der Waals surface area contributed by atoms with Crippen molar-refractivity contribution in [2.75, 3.05) is 0 Å². The molecular formula is C15H23O9P. The van der Waals surface area contributed by atoms with Crippen LogP contribution in [0.15, 0.2) is 24.3 Å². The van der Waals surface area contributed by atoms with Crippen molar-refractivity contribution in [3.63, 3.8) is 0 Å². The molecule has 0 heterocycles. The molecule has 0 aliphatic heterocycles. The van der Waals surface area contributed by atoms with Crippen LogP contribution in [0, 0.1) is 0 Å². The van der Waals surface area contributed by atoms with Gasteiger partial charge in [0.25, 0.3) is 0 Å². The summed E-state index contributed by atoms with van der Waals surface area (Å²) >= 11 is 0. The van der Waals surface area contributed by atoms with Gasteiger partial charge >= 0.3 is 7.82 Å². The van der Waals surface area contributed by atoms with Crippen molar-refractivity contribution in [3.8, 4) is 5.75 Å². The van der Waals surface area contributed by atoms with E-state index in [0.717, 1.165) is 5.56 Å². The van der Waals surface area contributed by atoms with Gasteiger partial charge in [-0.1, -0.05) is 26.0 Å². The van der Waals surface area contributed by atoms with Crippen molar-refractivity contribution in [1.29, 1.82) is 0 Å². The highest BCUT2D eigenvalue weighted by Gasteiger charge is 2.51. The summed E-state index contributed by atoms with van der Waals surface area (Å²) < 4.78 is 21.7. The van der Waals surface area contributed by atoms with Crippen LogP contribution in [-0.4, -0.2) is 67.0 Å². The average molecular weight is 378 g/mol. The predicted molar refractivity (Wildman–Crippen MR) is 85.9 cm³/mol. The molecule has 0 saturated heterocycles. The Kier molecular flexibility index (Phi) is 6.24. The smallest absolute Gasteiger partial charge is 0.404 e. The third-order valence-electron chi connectivity index (χ3n) is 4.10. The Morgan fingerprint density at radius 3 is 1.76 bits per heavy atom. The molecule has 3 unspecified atom stereocenters. The average Bonchev–Trinajstić information content (AvgIpc) is 2.55. The SMILES string of the molecule is CC(C)c1ccc(OP(=O)(O)OC2[C@H](O)[C@H](O)C(O)[C@H](O)[C@H]2O)cc1. The van der Waals surface area contributed by atoms with Gasteiger partial charge in [-0.15, -0.1) is 0 Å². The Bertz CT molecular complexity index is 604. The van der Waals surface area contributed by atoms with E-state index >= 15 is 0 Å².